The molecule has 1 aromatic heterocycles. The molecular formula is C46H28O. The molecule has 0 saturated carbocycles. The average molecular weight is 602 g/mol. The Hall–Kier alpha value is -6.18. The normalized spacial score (nSPS) is 13.3. The highest BCUT2D eigenvalue weighted by molar-refractivity contribution is 6.28. The van der Waals surface area contributed by atoms with Gasteiger partial charge in [0.05, 0.1) is 6.85 Å². The maximum Gasteiger partial charge on any atom is 0.143 e. The molecule has 1 heteroatoms. The molecule has 0 aliphatic rings. The van der Waals surface area contributed by atoms with Gasteiger partial charge >= 0.3 is 0 Å². The standard InChI is InChI=1S/C46H28O/c1-2-15-31(16-3-1)42-32-17-6-4-13-29(32)25-27-39(42)44-36-21-10-8-19-34(36)43(35-20-9-11-22-37(35)44)38-23-12-24-41-45(38)40-28-26-30-14-5-7-18-33(30)46(40)47-41/h1-28H/i1D,2D,3D,15D,16D. The van der Waals surface area contributed by atoms with Crippen LogP contribution in [0, 0.1) is 0 Å². The third-order valence-electron chi connectivity index (χ3n) is 9.54. The molecule has 0 fully saturated rings. The highest BCUT2D eigenvalue weighted by Crippen LogP contribution is 2.49. The fourth-order valence-electron chi connectivity index (χ4n) is 7.60. The van der Waals surface area contributed by atoms with Gasteiger partial charge in [-0.05, 0) is 83.2 Å². The van der Waals surface area contributed by atoms with E-state index in [0.29, 0.717) is 5.56 Å². The topological polar surface area (TPSA) is 13.1 Å². The van der Waals surface area contributed by atoms with Gasteiger partial charge in [-0.15, -0.1) is 0 Å². The van der Waals surface area contributed by atoms with Crippen LogP contribution in [0.15, 0.2) is 174 Å². The van der Waals surface area contributed by atoms with Crippen LogP contribution in [0.5, 0.6) is 0 Å². The van der Waals surface area contributed by atoms with Gasteiger partial charge in [-0.25, -0.2) is 0 Å². The average Bonchev–Trinajstić information content (AvgIpc) is 3.58. The Kier molecular flexibility index (Phi) is 4.66. The lowest BCUT2D eigenvalue weighted by molar-refractivity contribution is 0.673. The Morgan fingerprint density at radius 3 is 1.62 bits per heavy atom. The number of hydrogen-bond acceptors (Lipinski definition) is 1. The molecule has 0 spiro atoms. The second-order valence-electron chi connectivity index (χ2n) is 12.0. The van der Waals surface area contributed by atoms with E-state index in [4.69, 9.17) is 11.3 Å². The van der Waals surface area contributed by atoms with Crippen molar-refractivity contribution in [3.63, 3.8) is 0 Å². The first-order chi connectivity index (χ1) is 25.4. The maximum atomic E-state index is 9.08. The van der Waals surface area contributed by atoms with E-state index in [1.807, 2.05) is 60.7 Å². The summed E-state index contributed by atoms with van der Waals surface area (Å²) in [5.74, 6) is 0. The summed E-state index contributed by atoms with van der Waals surface area (Å²) in [6.45, 7) is 0. The fourth-order valence-corrected chi connectivity index (χ4v) is 7.60. The lowest BCUT2D eigenvalue weighted by atomic mass is 9.82. The molecular weight excluding hydrogens is 569 g/mol. The highest BCUT2D eigenvalue weighted by Gasteiger charge is 2.22. The summed E-state index contributed by atoms with van der Waals surface area (Å²) in [6, 6.07) is 46.0. The smallest absolute Gasteiger partial charge is 0.143 e. The van der Waals surface area contributed by atoms with Crippen LogP contribution >= 0.6 is 0 Å². The van der Waals surface area contributed by atoms with Crippen molar-refractivity contribution >= 4 is 65.0 Å². The molecule has 10 aromatic rings. The molecule has 9 aromatic carbocycles. The number of benzene rings is 9. The van der Waals surface area contributed by atoms with Crippen LogP contribution < -0.4 is 0 Å². The van der Waals surface area contributed by atoms with E-state index in [0.717, 1.165) is 87.3 Å². The zero-order valence-electron chi connectivity index (χ0n) is 30.2. The number of rotatable bonds is 3. The Balaban J connectivity index is 1.37. The summed E-state index contributed by atoms with van der Waals surface area (Å²) in [4.78, 5) is 0. The van der Waals surface area contributed by atoms with E-state index in [-0.39, 0.29) is 29.7 Å². The van der Waals surface area contributed by atoms with Crippen molar-refractivity contribution in [2.75, 3.05) is 0 Å². The Morgan fingerprint density at radius 2 is 0.936 bits per heavy atom. The summed E-state index contributed by atoms with van der Waals surface area (Å²) in [6.07, 6.45) is 0. The van der Waals surface area contributed by atoms with E-state index >= 15 is 0 Å². The van der Waals surface area contributed by atoms with Crippen molar-refractivity contribution in [1.29, 1.82) is 0 Å². The van der Waals surface area contributed by atoms with Gasteiger partial charge in [0, 0.05) is 16.2 Å². The van der Waals surface area contributed by atoms with Crippen LogP contribution in [0.2, 0.25) is 0 Å². The largest absolute Gasteiger partial charge is 0.455 e. The second-order valence-corrected chi connectivity index (χ2v) is 12.0. The zero-order chi connectivity index (χ0) is 35.2. The molecule has 10 rings (SSSR count). The maximum absolute atomic E-state index is 9.08. The van der Waals surface area contributed by atoms with Gasteiger partial charge in [-0.1, -0.05) is 158 Å². The molecule has 1 nitrogen and oxygen atoms in total. The van der Waals surface area contributed by atoms with E-state index < -0.39 is 6.04 Å². The molecule has 0 atom stereocenters. The summed E-state index contributed by atoms with van der Waals surface area (Å²) < 4.78 is 50.3. The molecule has 0 radical (unpaired) electrons. The molecule has 0 aliphatic carbocycles. The van der Waals surface area contributed by atoms with Crippen molar-refractivity contribution < 1.29 is 11.3 Å². The number of hydrogen-bond donors (Lipinski definition) is 0. The first-order valence-electron chi connectivity index (χ1n) is 18.3. The highest BCUT2D eigenvalue weighted by atomic mass is 16.3. The Bertz CT molecular complexity index is 3050. The van der Waals surface area contributed by atoms with Gasteiger partial charge in [0.15, 0.2) is 0 Å². The Labute approximate surface area is 279 Å². The quantitative estimate of drug-likeness (QED) is 0.184. The minimum atomic E-state index is -0.408. The third-order valence-corrected chi connectivity index (χ3v) is 9.54. The molecule has 0 saturated heterocycles. The van der Waals surface area contributed by atoms with E-state index in [2.05, 4.69) is 78.9 Å². The zero-order valence-corrected chi connectivity index (χ0v) is 25.2. The van der Waals surface area contributed by atoms with Gasteiger partial charge in [0.2, 0.25) is 0 Å². The summed E-state index contributed by atoms with van der Waals surface area (Å²) in [5, 5.41) is 10.1. The van der Waals surface area contributed by atoms with Crippen LogP contribution in [0.1, 0.15) is 6.85 Å². The van der Waals surface area contributed by atoms with Gasteiger partial charge in [0.25, 0.3) is 0 Å². The van der Waals surface area contributed by atoms with Gasteiger partial charge in [0.1, 0.15) is 11.2 Å². The van der Waals surface area contributed by atoms with Crippen molar-refractivity contribution in [2.24, 2.45) is 0 Å². The predicted octanol–water partition coefficient (Wildman–Crippen LogP) is 13.2. The molecule has 0 unspecified atom stereocenters. The van der Waals surface area contributed by atoms with Crippen LogP contribution in [0.4, 0.5) is 0 Å². The van der Waals surface area contributed by atoms with Gasteiger partial charge < -0.3 is 4.42 Å². The van der Waals surface area contributed by atoms with E-state index in [9.17, 15) is 0 Å². The number of furan rings is 1. The van der Waals surface area contributed by atoms with Gasteiger partial charge in [-0.2, -0.15) is 0 Å². The Morgan fingerprint density at radius 1 is 0.383 bits per heavy atom. The fraction of sp³-hybridized carbons (Fsp3) is 0. The minimum Gasteiger partial charge on any atom is -0.455 e. The first kappa shape index (κ1) is 21.5. The van der Waals surface area contributed by atoms with Crippen LogP contribution in [-0.4, -0.2) is 0 Å². The summed E-state index contributed by atoms with van der Waals surface area (Å²) in [5.41, 5.74) is 6.39. The third kappa shape index (κ3) is 3.84. The molecule has 0 aliphatic heterocycles. The lowest BCUT2D eigenvalue weighted by Gasteiger charge is -2.21. The van der Waals surface area contributed by atoms with Crippen LogP contribution in [0.3, 0.4) is 0 Å². The first-order valence-corrected chi connectivity index (χ1v) is 15.8. The number of fused-ring (bicyclic) bond motifs is 8. The SMILES string of the molecule is [2H]c1c([2H])c([2H])c(-c2c(-c3c4ccccc4c(-c4cccc5oc6c7ccccc7ccc6c45)c4ccccc34)ccc3ccccc23)c([2H])c1[2H]. The molecule has 0 amide bonds. The molecule has 1 heterocycles. The van der Waals surface area contributed by atoms with E-state index in [1.165, 1.54) is 0 Å². The van der Waals surface area contributed by atoms with Crippen LogP contribution in [-0.2, 0) is 0 Å². The minimum absolute atomic E-state index is 0.192. The summed E-state index contributed by atoms with van der Waals surface area (Å²) >= 11 is 0. The lowest BCUT2D eigenvalue weighted by Crippen LogP contribution is -1.94. The van der Waals surface area contributed by atoms with Crippen LogP contribution in [0.25, 0.3) is 98.4 Å². The van der Waals surface area contributed by atoms with Crippen molar-refractivity contribution in [2.45, 2.75) is 0 Å². The monoisotopic (exact) mass is 601 g/mol. The predicted molar refractivity (Wildman–Crippen MR) is 200 cm³/mol. The second kappa shape index (κ2) is 10.2. The summed E-state index contributed by atoms with van der Waals surface area (Å²) in [7, 11) is 0. The van der Waals surface area contributed by atoms with E-state index in [1.54, 1.807) is 0 Å². The molecule has 218 valence electrons. The van der Waals surface area contributed by atoms with Crippen molar-refractivity contribution in [1.82, 2.24) is 0 Å². The molecule has 0 N–H and O–H groups in total. The van der Waals surface area contributed by atoms with Gasteiger partial charge in [-0.3, -0.25) is 0 Å². The molecule has 0 bridgehead atoms. The van der Waals surface area contributed by atoms with Crippen molar-refractivity contribution in [3.8, 4) is 33.4 Å². The van der Waals surface area contributed by atoms with Crippen molar-refractivity contribution in [3.05, 3.63) is 170 Å². The molecule has 47 heavy (non-hydrogen) atoms.